The van der Waals surface area contributed by atoms with Crippen LogP contribution in [0.4, 0.5) is 19.5 Å². The number of hydrogen-bond acceptors (Lipinski definition) is 12. The molecule has 0 bridgehead atoms. The van der Waals surface area contributed by atoms with Gasteiger partial charge < -0.3 is 34.1 Å². The van der Waals surface area contributed by atoms with Crippen molar-refractivity contribution in [2.24, 2.45) is 12.8 Å². The first-order valence-electron chi connectivity index (χ1n) is 23.8. The van der Waals surface area contributed by atoms with Gasteiger partial charge in [-0.05, 0) is 125 Å². The van der Waals surface area contributed by atoms with E-state index < -0.39 is 50.8 Å². The van der Waals surface area contributed by atoms with Crippen molar-refractivity contribution in [3.8, 4) is 11.1 Å². The number of benzene rings is 3. The summed E-state index contributed by atoms with van der Waals surface area (Å²) in [6, 6.07) is 17.3. The van der Waals surface area contributed by atoms with E-state index in [1.54, 1.807) is 31.4 Å². The first kappa shape index (κ1) is 46.9. The second-order valence-electron chi connectivity index (χ2n) is 19.3. The second kappa shape index (κ2) is 18.5. The molecular formula is C51H57F2N7O8S. The number of halogens is 2. The summed E-state index contributed by atoms with van der Waals surface area (Å²) in [5.41, 5.74) is 5.68. The number of piperidine rings is 2. The molecule has 15 nitrogen and oxygen atoms in total. The molecule has 2 N–H and O–H groups in total. The normalized spacial score (nSPS) is 20.3. The van der Waals surface area contributed by atoms with Gasteiger partial charge >= 0.3 is 6.09 Å². The van der Waals surface area contributed by atoms with Crippen molar-refractivity contribution in [1.29, 1.82) is 0 Å². The highest BCUT2D eigenvalue weighted by molar-refractivity contribution is 7.90. The number of nitrogens with zero attached hydrogens (tertiary/aromatic N) is 6. The van der Waals surface area contributed by atoms with E-state index in [1.165, 1.54) is 35.0 Å². The Morgan fingerprint density at radius 2 is 1.64 bits per heavy atom. The maximum Gasteiger partial charge on any atom is 0.405 e. The van der Waals surface area contributed by atoms with Crippen LogP contribution in [-0.2, 0) is 41.6 Å². The van der Waals surface area contributed by atoms with Gasteiger partial charge in [-0.15, -0.1) is 0 Å². The standard InChI is InChI=1S/C51H57F2N7O8S/c1-32-7-12-39(13-8-32)69(63,64)60-22-17-40-42(30-57(3)47(61)45(40)60)33-9-14-43-41(26-33)46(56-49(55-43)59-20-15-37(16-21-59)58-23-18-50(2,19-24-58)68-48(54)62)51(67-38-10-11-38,31-66-44-6-4-5-25-65-44)34-27-35(52)29-36(53)28-34/h7-9,12-14,17,22,26-30,37-38,44H,4-6,10-11,15-16,18-21,23-25,31H2,1-3H3,(H2,54,62). The molecule has 0 radical (unpaired) electrons. The molecule has 364 valence electrons. The minimum Gasteiger partial charge on any atom is -0.443 e. The summed E-state index contributed by atoms with van der Waals surface area (Å²) in [6.07, 6.45) is 8.26. The fourth-order valence-electron chi connectivity index (χ4n) is 10.2. The molecule has 3 aromatic carbocycles. The van der Waals surface area contributed by atoms with Crippen molar-refractivity contribution >= 4 is 43.9 Å². The highest BCUT2D eigenvalue weighted by Crippen LogP contribution is 2.45. The zero-order valence-corrected chi connectivity index (χ0v) is 39.9. The van der Waals surface area contributed by atoms with Crippen LogP contribution < -0.4 is 16.2 Å². The SMILES string of the molecule is Cc1ccc(S(=O)(=O)n2ccc3c(-c4ccc5nc(N6CCC(N7CCC(C)(OC(N)=O)CC7)CC6)nc(C(COC6CCCCO6)(OC6CC6)c6cc(F)cc(F)c6)c5c4)cn(C)c(=O)c32)cc1. The number of anilines is 1. The summed E-state index contributed by atoms with van der Waals surface area (Å²) < 4.78 is 87.0. The Labute approximate surface area is 399 Å². The molecule has 2 atom stereocenters. The molecule has 4 aliphatic rings. The van der Waals surface area contributed by atoms with Crippen LogP contribution in [0.3, 0.4) is 0 Å². The van der Waals surface area contributed by atoms with Crippen LogP contribution in [-0.4, -0.2) is 101 Å². The number of ether oxygens (including phenoxy) is 4. The van der Waals surface area contributed by atoms with Crippen molar-refractivity contribution in [3.05, 3.63) is 118 Å². The largest absolute Gasteiger partial charge is 0.443 e. The summed E-state index contributed by atoms with van der Waals surface area (Å²) in [4.78, 5) is 40.7. The van der Waals surface area contributed by atoms with E-state index in [4.69, 9.17) is 34.6 Å². The molecule has 6 heterocycles. The predicted octanol–water partition coefficient (Wildman–Crippen LogP) is 7.66. The number of carbonyl (C=O) groups is 1. The van der Waals surface area contributed by atoms with E-state index in [0.29, 0.717) is 78.0 Å². The Bertz CT molecular complexity index is 3060. The number of aryl methyl sites for hydroxylation is 2. The number of rotatable bonds is 13. The van der Waals surface area contributed by atoms with Crippen molar-refractivity contribution in [2.75, 3.05) is 44.3 Å². The van der Waals surface area contributed by atoms with E-state index in [-0.39, 0.29) is 34.7 Å². The fraction of sp³-hybridized carbons (Fsp3) is 0.451. The first-order valence-corrected chi connectivity index (χ1v) is 25.2. The van der Waals surface area contributed by atoms with Gasteiger partial charge in [-0.1, -0.05) is 23.8 Å². The summed E-state index contributed by atoms with van der Waals surface area (Å²) in [5.74, 6) is -1.16. The molecule has 1 saturated carbocycles. The van der Waals surface area contributed by atoms with Crippen LogP contribution in [0.5, 0.6) is 0 Å². The van der Waals surface area contributed by atoms with Crippen LogP contribution >= 0.6 is 0 Å². The number of likely N-dealkylation sites (tertiary alicyclic amines) is 1. The quantitative estimate of drug-likeness (QED) is 0.120. The van der Waals surface area contributed by atoms with Gasteiger partial charge in [0, 0.05) is 80.7 Å². The highest BCUT2D eigenvalue weighted by atomic mass is 32.2. The molecule has 3 aliphatic heterocycles. The zero-order valence-electron chi connectivity index (χ0n) is 39.0. The number of aromatic nitrogens is 4. The number of pyridine rings is 1. The van der Waals surface area contributed by atoms with Gasteiger partial charge in [-0.25, -0.2) is 35.9 Å². The van der Waals surface area contributed by atoms with Crippen molar-refractivity contribution in [3.63, 3.8) is 0 Å². The molecule has 10 rings (SSSR count). The molecule has 3 saturated heterocycles. The van der Waals surface area contributed by atoms with E-state index in [2.05, 4.69) is 9.80 Å². The van der Waals surface area contributed by atoms with Crippen molar-refractivity contribution in [1.82, 2.24) is 23.4 Å². The van der Waals surface area contributed by atoms with Crippen molar-refractivity contribution in [2.45, 2.75) is 106 Å². The van der Waals surface area contributed by atoms with E-state index in [9.17, 15) is 18.0 Å². The van der Waals surface area contributed by atoms with E-state index in [0.717, 1.165) is 67.2 Å². The third-order valence-electron chi connectivity index (χ3n) is 14.2. The summed E-state index contributed by atoms with van der Waals surface area (Å²) in [7, 11) is -2.60. The molecule has 0 spiro atoms. The van der Waals surface area contributed by atoms with Crippen LogP contribution in [0.2, 0.25) is 0 Å². The van der Waals surface area contributed by atoms with Gasteiger partial charge in [0.25, 0.3) is 15.6 Å². The number of fused-ring (bicyclic) bond motifs is 2. The number of primary amides is 1. The smallest absolute Gasteiger partial charge is 0.405 e. The average molecular weight is 966 g/mol. The summed E-state index contributed by atoms with van der Waals surface area (Å²) in [5, 5.41) is 0.909. The monoisotopic (exact) mass is 965 g/mol. The van der Waals surface area contributed by atoms with Gasteiger partial charge in [0.1, 0.15) is 22.8 Å². The molecule has 69 heavy (non-hydrogen) atoms. The molecule has 2 unspecified atom stereocenters. The van der Waals surface area contributed by atoms with Crippen LogP contribution in [0, 0.1) is 18.6 Å². The van der Waals surface area contributed by atoms with Crippen LogP contribution in [0.25, 0.3) is 32.9 Å². The Hall–Kier alpha value is -5.79. The Kier molecular flexibility index (Phi) is 12.6. The van der Waals surface area contributed by atoms with Gasteiger partial charge in [0.05, 0.1) is 28.8 Å². The van der Waals surface area contributed by atoms with Gasteiger partial charge in [-0.2, -0.15) is 0 Å². The Morgan fingerprint density at radius 1 is 0.913 bits per heavy atom. The fourth-order valence-corrected chi connectivity index (χ4v) is 11.6. The molecule has 1 aliphatic carbocycles. The van der Waals surface area contributed by atoms with Crippen molar-refractivity contribution < 1.29 is 40.9 Å². The van der Waals surface area contributed by atoms with Crippen LogP contribution in [0.1, 0.15) is 81.5 Å². The lowest BCUT2D eigenvalue weighted by molar-refractivity contribution is -0.197. The third-order valence-corrected chi connectivity index (χ3v) is 15.9. The molecule has 1 amide bonds. The summed E-state index contributed by atoms with van der Waals surface area (Å²) in [6.45, 7) is 6.87. The minimum absolute atomic E-state index is 0.0222. The minimum atomic E-state index is -4.18. The lowest BCUT2D eigenvalue weighted by atomic mass is 9.87. The van der Waals surface area contributed by atoms with Gasteiger partial charge in [0.15, 0.2) is 11.9 Å². The maximum absolute atomic E-state index is 15.6. The first-order chi connectivity index (χ1) is 33.1. The molecule has 18 heteroatoms. The molecular weight excluding hydrogens is 909 g/mol. The lowest BCUT2D eigenvalue weighted by Gasteiger charge is -2.44. The highest BCUT2D eigenvalue weighted by Gasteiger charge is 2.46. The van der Waals surface area contributed by atoms with Gasteiger partial charge in [-0.3, -0.25) is 9.69 Å². The molecule has 6 aromatic rings. The predicted molar refractivity (Wildman–Crippen MR) is 255 cm³/mol. The second-order valence-corrected chi connectivity index (χ2v) is 21.1. The van der Waals surface area contributed by atoms with E-state index in [1.807, 2.05) is 32.0 Å². The van der Waals surface area contributed by atoms with Crippen LogP contribution in [0.15, 0.2) is 88.8 Å². The topological polar surface area (TPSA) is 173 Å². The number of amides is 1. The number of hydrogen-bond donors (Lipinski definition) is 1. The van der Waals surface area contributed by atoms with Gasteiger partial charge in [0.2, 0.25) is 5.95 Å². The Morgan fingerprint density at radius 3 is 2.30 bits per heavy atom. The number of nitrogens with two attached hydrogens (primary N) is 1. The average Bonchev–Trinajstić information content (AvgIpc) is 4.03. The maximum atomic E-state index is 15.6. The third kappa shape index (κ3) is 9.36. The lowest BCUT2D eigenvalue weighted by Crippen LogP contribution is -2.52. The number of carbonyl (C=O) groups excluding carboxylic acids is 1. The van der Waals surface area contributed by atoms with E-state index >= 15 is 8.78 Å². The Balaban J connectivity index is 1.10. The molecule has 3 aromatic heterocycles. The summed E-state index contributed by atoms with van der Waals surface area (Å²) >= 11 is 0. The molecule has 4 fully saturated rings. The zero-order chi connectivity index (χ0) is 48.2.